The third-order valence-corrected chi connectivity index (χ3v) is 2.10. The van der Waals surface area contributed by atoms with Crippen molar-refractivity contribution >= 4 is 0 Å². The van der Waals surface area contributed by atoms with Gasteiger partial charge in [-0.2, -0.15) is 0 Å². The lowest BCUT2D eigenvalue weighted by Gasteiger charge is -2.26. The zero-order valence-corrected chi connectivity index (χ0v) is 7.47. The van der Waals surface area contributed by atoms with E-state index in [-0.39, 0.29) is 0 Å². The molecule has 0 spiro atoms. The molecule has 0 radical (unpaired) electrons. The second-order valence-corrected chi connectivity index (χ2v) is 3.19. The van der Waals surface area contributed by atoms with Gasteiger partial charge in [-0.25, -0.2) is 0 Å². The number of hydrogen-bond donors (Lipinski definition) is 1. The molecule has 1 unspecified atom stereocenters. The van der Waals surface area contributed by atoms with Crippen molar-refractivity contribution in [3.8, 4) is 0 Å². The standard InChI is InChI=1S/C8H18N2O/c1-3-10(2)5-8-4-9-7-11-6-8/h8-9H,3-7H2,1-2H3. The molecule has 11 heavy (non-hydrogen) atoms. The first-order valence-electron chi connectivity index (χ1n) is 4.30. The van der Waals surface area contributed by atoms with Crippen molar-refractivity contribution < 1.29 is 4.74 Å². The molecule has 0 aromatic heterocycles. The van der Waals surface area contributed by atoms with E-state index in [4.69, 9.17) is 4.74 Å². The first-order chi connectivity index (χ1) is 5.33. The van der Waals surface area contributed by atoms with E-state index in [9.17, 15) is 0 Å². The van der Waals surface area contributed by atoms with Crippen molar-refractivity contribution in [1.29, 1.82) is 0 Å². The van der Waals surface area contributed by atoms with Crippen molar-refractivity contribution in [2.24, 2.45) is 5.92 Å². The van der Waals surface area contributed by atoms with Crippen LogP contribution >= 0.6 is 0 Å². The van der Waals surface area contributed by atoms with Crippen LogP contribution in [0.2, 0.25) is 0 Å². The molecule has 1 atom stereocenters. The van der Waals surface area contributed by atoms with Crippen molar-refractivity contribution in [1.82, 2.24) is 10.2 Å². The SMILES string of the molecule is CCN(C)CC1CNCOC1. The molecule has 1 heterocycles. The van der Waals surface area contributed by atoms with Gasteiger partial charge >= 0.3 is 0 Å². The number of ether oxygens (including phenoxy) is 1. The van der Waals surface area contributed by atoms with Gasteiger partial charge in [-0.05, 0) is 13.6 Å². The first kappa shape index (κ1) is 8.97. The fraction of sp³-hybridized carbons (Fsp3) is 1.00. The Kier molecular flexibility index (Phi) is 3.83. The molecule has 3 nitrogen and oxygen atoms in total. The van der Waals surface area contributed by atoms with Crippen LogP contribution in [0.3, 0.4) is 0 Å². The van der Waals surface area contributed by atoms with Gasteiger partial charge in [0.2, 0.25) is 0 Å². The van der Waals surface area contributed by atoms with Gasteiger partial charge in [0.1, 0.15) is 0 Å². The maximum absolute atomic E-state index is 5.29. The van der Waals surface area contributed by atoms with Gasteiger partial charge in [0.25, 0.3) is 0 Å². The summed E-state index contributed by atoms with van der Waals surface area (Å²) in [4.78, 5) is 2.32. The molecule has 1 fully saturated rings. The van der Waals surface area contributed by atoms with Gasteiger partial charge in [-0.15, -0.1) is 0 Å². The first-order valence-corrected chi connectivity index (χ1v) is 4.30. The van der Waals surface area contributed by atoms with Gasteiger partial charge in [-0.1, -0.05) is 6.92 Å². The van der Waals surface area contributed by atoms with E-state index in [1.54, 1.807) is 0 Å². The Morgan fingerprint density at radius 1 is 1.64 bits per heavy atom. The van der Waals surface area contributed by atoms with Crippen molar-refractivity contribution in [2.45, 2.75) is 6.92 Å². The minimum Gasteiger partial charge on any atom is -0.366 e. The summed E-state index contributed by atoms with van der Waals surface area (Å²) in [6.07, 6.45) is 0. The maximum atomic E-state index is 5.29. The summed E-state index contributed by atoms with van der Waals surface area (Å²) in [6, 6.07) is 0. The highest BCUT2D eigenvalue weighted by Crippen LogP contribution is 2.02. The van der Waals surface area contributed by atoms with E-state index in [1.807, 2.05) is 0 Å². The summed E-state index contributed by atoms with van der Waals surface area (Å²) >= 11 is 0. The van der Waals surface area contributed by atoms with Crippen molar-refractivity contribution in [2.75, 3.05) is 40.0 Å². The zero-order chi connectivity index (χ0) is 8.10. The summed E-state index contributed by atoms with van der Waals surface area (Å²) in [7, 11) is 2.15. The molecule has 0 amide bonds. The summed E-state index contributed by atoms with van der Waals surface area (Å²) in [6.45, 7) is 7.19. The molecule has 66 valence electrons. The number of hydrogen-bond acceptors (Lipinski definition) is 3. The highest BCUT2D eigenvalue weighted by atomic mass is 16.5. The molecule has 0 aromatic carbocycles. The smallest absolute Gasteiger partial charge is 0.0965 e. The Morgan fingerprint density at radius 2 is 2.45 bits per heavy atom. The third-order valence-electron chi connectivity index (χ3n) is 2.10. The van der Waals surface area contributed by atoms with E-state index in [2.05, 4.69) is 24.2 Å². The van der Waals surface area contributed by atoms with Crippen molar-refractivity contribution in [3.63, 3.8) is 0 Å². The molecule has 0 saturated carbocycles. The van der Waals surface area contributed by atoms with Gasteiger partial charge in [-0.3, -0.25) is 5.32 Å². The van der Waals surface area contributed by atoms with Gasteiger partial charge in [0.05, 0.1) is 13.3 Å². The summed E-state index contributed by atoms with van der Waals surface area (Å²) in [5.41, 5.74) is 0. The number of rotatable bonds is 3. The van der Waals surface area contributed by atoms with E-state index in [0.717, 1.165) is 33.0 Å². The Balaban J connectivity index is 2.13. The third kappa shape index (κ3) is 3.18. The van der Waals surface area contributed by atoms with Gasteiger partial charge < -0.3 is 9.64 Å². The van der Waals surface area contributed by atoms with Crippen LogP contribution in [0.1, 0.15) is 6.92 Å². The lowest BCUT2D eigenvalue weighted by atomic mass is 10.1. The van der Waals surface area contributed by atoms with Crippen LogP contribution in [0.4, 0.5) is 0 Å². The fourth-order valence-electron chi connectivity index (χ4n) is 1.31. The average molecular weight is 158 g/mol. The van der Waals surface area contributed by atoms with Crippen molar-refractivity contribution in [3.05, 3.63) is 0 Å². The highest BCUT2D eigenvalue weighted by molar-refractivity contribution is 4.67. The van der Waals surface area contributed by atoms with Crippen LogP contribution in [-0.4, -0.2) is 44.9 Å². The molecule has 1 aliphatic rings. The Morgan fingerprint density at radius 3 is 3.00 bits per heavy atom. The van der Waals surface area contributed by atoms with E-state index in [1.165, 1.54) is 0 Å². The largest absolute Gasteiger partial charge is 0.366 e. The van der Waals surface area contributed by atoms with Crippen LogP contribution in [0.15, 0.2) is 0 Å². The van der Waals surface area contributed by atoms with E-state index < -0.39 is 0 Å². The van der Waals surface area contributed by atoms with E-state index >= 15 is 0 Å². The molecular formula is C8H18N2O. The summed E-state index contributed by atoms with van der Waals surface area (Å²) in [5.74, 6) is 0.675. The second kappa shape index (κ2) is 4.70. The second-order valence-electron chi connectivity index (χ2n) is 3.19. The predicted molar refractivity (Wildman–Crippen MR) is 45.5 cm³/mol. The van der Waals surface area contributed by atoms with Crippen LogP contribution in [0.25, 0.3) is 0 Å². The molecule has 0 bridgehead atoms. The predicted octanol–water partition coefficient (Wildman–Crippen LogP) is 0.132. The molecular weight excluding hydrogens is 140 g/mol. The Hall–Kier alpha value is -0.120. The monoisotopic (exact) mass is 158 g/mol. The van der Waals surface area contributed by atoms with E-state index in [0.29, 0.717) is 5.92 Å². The minimum atomic E-state index is 0.675. The zero-order valence-electron chi connectivity index (χ0n) is 7.47. The average Bonchev–Trinajstić information content (AvgIpc) is 2.06. The number of nitrogens with zero attached hydrogens (tertiary/aromatic N) is 1. The highest BCUT2D eigenvalue weighted by Gasteiger charge is 2.14. The van der Waals surface area contributed by atoms with Crippen LogP contribution in [0.5, 0.6) is 0 Å². The van der Waals surface area contributed by atoms with Crippen LogP contribution < -0.4 is 5.32 Å². The lowest BCUT2D eigenvalue weighted by molar-refractivity contribution is 0.0353. The molecule has 0 aromatic rings. The van der Waals surface area contributed by atoms with Gasteiger partial charge in [0, 0.05) is 19.0 Å². The molecule has 1 aliphatic heterocycles. The molecule has 1 saturated heterocycles. The number of nitrogens with one attached hydrogen (secondary N) is 1. The molecule has 1 N–H and O–H groups in total. The minimum absolute atomic E-state index is 0.675. The quantitative estimate of drug-likeness (QED) is 0.632. The van der Waals surface area contributed by atoms with Crippen LogP contribution in [0, 0.1) is 5.92 Å². The molecule has 0 aliphatic carbocycles. The van der Waals surface area contributed by atoms with Crippen LogP contribution in [-0.2, 0) is 4.74 Å². The summed E-state index contributed by atoms with van der Waals surface area (Å²) < 4.78 is 5.29. The Labute approximate surface area is 68.7 Å². The summed E-state index contributed by atoms with van der Waals surface area (Å²) in [5, 5.41) is 3.22. The topological polar surface area (TPSA) is 24.5 Å². The lowest BCUT2D eigenvalue weighted by Crippen LogP contribution is -2.40. The Bertz CT molecular complexity index is 102. The normalized spacial score (nSPS) is 25.9. The molecule has 1 rings (SSSR count). The van der Waals surface area contributed by atoms with Gasteiger partial charge in [0.15, 0.2) is 0 Å². The fourth-order valence-corrected chi connectivity index (χ4v) is 1.31. The molecule has 3 heteroatoms. The maximum Gasteiger partial charge on any atom is 0.0965 e.